The van der Waals surface area contributed by atoms with Gasteiger partial charge >= 0.3 is 0 Å². The maximum atomic E-state index is 10.4. The molecule has 0 spiro atoms. The Morgan fingerprint density at radius 1 is 0.944 bits per heavy atom. The molecule has 1 aromatic carbocycles. The predicted octanol–water partition coefficient (Wildman–Crippen LogP) is 4.55. The molecule has 0 N–H and O–H groups in total. The van der Waals surface area contributed by atoms with Gasteiger partial charge in [-0.1, -0.05) is 64.9 Å². The third kappa shape index (κ3) is 1.41. The number of nitroso groups, excluding NO2 is 1. The van der Waals surface area contributed by atoms with Crippen LogP contribution in [0, 0.1) is 10.3 Å². The molecule has 0 unspecified atom stereocenters. The van der Waals surface area contributed by atoms with E-state index in [9.17, 15) is 4.91 Å². The van der Waals surface area contributed by atoms with Crippen molar-refractivity contribution in [2.24, 2.45) is 10.6 Å². The van der Waals surface area contributed by atoms with E-state index in [1.165, 1.54) is 11.1 Å². The van der Waals surface area contributed by atoms with Crippen LogP contribution in [0.25, 0.3) is 0 Å². The van der Waals surface area contributed by atoms with E-state index < -0.39 is 0 Å². The lowest BCUT2D eigenvalue weighted by Gasteiger charge is -2.44. The molecule has 1 aliphatic rings. The molecule has 0 heterocycles. The summed E-state index contributed by atoms with van der Waals surface area (Å²) in [4.78, 5) is 10.4. The number of benzene rings is 1. The van der Waals surface area contributed by atoms with Gasteiger partial charge in [0.15, 0.2) is 0 Å². The zero-order valence-corrected chi connectivity index (χ0v) is 12.3. The summed E-state index contributed by atoms with van der Waals surface area (Å²) in [6.07, 6.45) is 0. The van der Waals surface area contributed by atoms with E-state index in [-0.39, 0.29) is 22.8 Å². The molecular formula is C16H23NO. The number of hydrogen-bond acceptors (Lipinski definition) is 2. The normalized spacial score (nSPS) is 22.6. The maximum Gasteiger partial charge on any atom is 0.106 e. The maximum absolute atomic E-state index is 10.4. The van der Waals surface area contributed by atoms with E-state index in [4.69, 9.17) is 0 Å². The molecule has 2 rings (SSSR count). The van der Waals surface area contributed by atoms with Crippen LogP contribution < -0.4 is 0 Å². The van der Waals surface area contributed by atoms with Gasteiger partial charge in [0.05, 0.1) is 0 Å². The second-order valence-corrected chi connectivity index (χ2v) is 7.04. The highest BCUT2D eigenvalue weighted by Crippen LogP contribution is 2.61. The van der Waals surface area contributed by atoms with Crippen LogP contribution >= 0.6 is 0 Å². The van der Waals surface area contributed by atoms with Gasteiger partial charge in [-0.3, -0.25) is 0 Å². The third-order valence-corrected chi connectivity index (χ3v) is 5.80. The zero-order chi connectivity index (χ0) is 13.8. The first-order valence-corrected chi connectivity index (χ1v) is 6.59. The summed E-state index contributed by atoms with van der Waals surface area (Å²) >= 11 is 0. The Morgan fingerprint density at radius 2 is 1.50 bits per heavy atom. The van der Waals surface area contributed by atoms with E-state index in [2.05, 4.69) is 58.9 Å². The second-order valence-electron chi connectivity index (χ2n) is 7.04. The molecule has 0 bridgehead atoms. The van der Waals surface area contributed by atoms with Gasteiger partial charge in [0.2, 0.25) is 0 Å². The molecule has 0 fully saturated rings. The topological polar surface area (TPSA) is 29.4 Å². The lowest BCUT2D eigenvalue weighted by atomic mass is 9.59. The first kappa shape index (κ1) is 13.3. The van der Waals surface area contributed by atoms with E-state index in [0.29, 0.717) is 0 Å². The molecule has 0 saturated heterocycles. The number of hydrogen-bond donors (Lipinski definition) is 0. The van der Waals surface area contributed by atoms with Crippen LogP contribution in [0.1, 0.15) is 58.2 Å². The van der Waals surface area contributed by atoms with Crippen molar-refractivity contribution in [2.45, 2.75) is 58.9 Å². The van der Waals surface area contributed by atoms with Crippen LogP contribution in [0.15, 0.2) is 23.4 Å². The van der Waals surface area contributed by atoms with Crippen molar-refractivity contribution in [1.29, 1.82) is 0 Å². The van der Waals surface area contributed by atoms with E-state index in [1.54, 1.807) is 0 Å². The monoisotopic (exact) mass is 245 g/mol. The van der Waals surface area contributed by atoms with Crippen molar-refractivity contribution >= 4 is 0 Å². The first-order chi connectivity index (χ1) is 8.16. The molecule has 1 aliphatic carbocycles. The molecule has 1 aromatic rings. The largest absolute Gasteiger partial charge is 0.150 e. The molecule has 0 aromatic heterocycles. The fourth-order valence-electron chi connectivity index (χ4n) is 3.28. The van der Waals surface area contributed by atoms with Crippen molar-refractivity contribution in [3.63, 3.8) is 0 Å². The molecule has 2 heteroatoms. The average Bonchev–Trinajstić information content (AvgIpc) is 2.37. The minimum absolute atomic E-state index is 0.102. The Kier molecular flexibility index (Phi) is 2.69. The highest BCUT2D eigenvalue weighted by molar-refractivity contribution is 5.50. The summed E-state index contributed by atoms with van der Waals surface area (Å²) < 4.78 is 0. The van der Waals surface area contributed by atoms with Crippen molar-refractivity contribution in [2.75, 3.05) is 0 Å². The standard InChI is InChI=1S/C16H23NO/c1-14(2)12-8-7-11(10-17-18)9-13(12)15(3,4)16(14,5)6/h7-9H,10H2,1-6H3. The third-order valence-electron chi connectivity index (χ3n) is 5.80. The molecule has 2 nitrogen and oxygen atoms in total. The smallest absolute Gasteiger partial charge is 0.106 e. The van der Waals surface area contributed by atoms with E-state index in [0.717, 1.165) is 5.56 Å². The Bertz CT molecular complexity index is 498. The van der Waals surface area contributed by atoms with Gasteiger partial charge in [-0.2, -0.15) is 4.91 Å². The number of fused-ring (bicyclic) bond motifs is 1. The van der Waals surface area contributed by atoms with Crippen LogP contribution in [0.2, 0.25) is 0 Å². The molecule has 0 radical (unpaired) electrons. The average molecular weight is 245 g/mol. The van der Waals surface area contributed by atoms with Crippen LogP contribution in [0.5, 0.6) is 0 Å². The van der Waals surface area contributed by atoms with Crippen LogP contribution in [-0.2, 0) is 17.4 Å². The first-order valence-electron chi connectivity index (χ1n) is 6.59. The fraction of sp³-hybridized carbons (Fsp3) is 0.625. The Hall–Kier alpha value is -1.18. The highest BCUT2D eigenvalue weighted by atomic mass is 16.3. The van der Waals surface area contributed by atoms with Crippen LogP contribution in [0.3, 0.4) is 0 Å². The van der Waals surface area contributed by atoms with Gasteiger partial charge < -0.3 is 0 Å². The quantitative estimate of drug-likeness (QED) is 0.703. The number of nitrogens with zero attached hydrogens (tertiary/aromatic N) is 1. The Morgan fingerprint density at radius 3 is 2.06 bits per heavy atom. The van der Waals surface area contributed by atoms with Gasteiger partial charge in [0, 0.05) is 0 Å². The van der Waals surface area contributed by atoms with Crippen LogP contribution in [0.4, 0.5) is 0 Å². The van der Waals surface area contributed by atoms with Gasteiger partial charge in [0.25, 0.3) is 0 Å². The second kappa shape index (κ2) is 3.66. The summed E-state index contributed by atoms with van der Waals surface area (Å²) in [5.41, 5.74) is 4.22. The van der Waals surface area contributed by atoms with Crippen molar-refractivity contribution in [3.8, 4) is 0 Å². The molecular weight excluding hydrogens is 222 g/mol. The molecule has 98 valence electrons. The Balaban J connectivity index is 2.67. The lowest BCUT2D eigenvalue weighted by molar-refractivity contribution is 0.125. The van der Waals surface area contributed by atoms with Crippen molar-refractivity contribution in [1.82, 2.24) is 0 Å². The molecule has 0 saturated carbocycles. The van der Waals surface area contributed by atoms with Gasteiger partial charge in [-0.15, -0.1) is 0 Å². The molecule has 0 atom stereocenters. The van der Waals surface area contributed by atoms with Crippen LogP contribution in [-0.4, -0.2) is 0 Å². The summed E-state index contributed by atoms with van der Waals surface area (Å²) in [7, 11) is 0. The van der Waals surface area contributed by atoms with Crippen molar-refractivity contribution in [3.05, 3.63) is 39.8 Å². The summed E-state index contributed by atoms with van der Waals surface area (Å²) in [6, 6.07) is 6.40. The summed E-state index contributed by atoms with van der Waals surface area (Å²) in [5.74, 6) is 0. The number of rotatable bonds is 2. The Labute approximate surface area is 110 Å². The molecule has 18 heavy (non-hydrogen) atoms. The lowest BCUT2D eigenvalue weighted by Crippen LogP contribution is -2.42. The van der Waals surface area contributed by atoms with Gasteiger partial charge in [0.1, 0.15) is 6.54 Å². The predicted molar refractivity (Wildman–Crippen MR) is 75.8 cm³/mol. The summed E-state index contributed by atoms with van der Waals surface area (Å²) in [5, 5.41) is 3.00. The van der Waals surface area contributed by atoms with E-state index >= 15 is 0 Å². The summed E-state index contributed by atoms with van der Waals surface area (Å²) in [6.45, 7) is 14.2. The molecule has 0 aliphatic heterocycles. The minimum atomic E-state index is 0.102. The highest BCUT2D eigenvalue weighted by Gasteiger charge is 2.56. The minimum Gasteiger partial charge on any atom is -0.150 e. The fourth-order valence-corrected chi connectivity index (χ4v) is 3.28. The van der Waals surface area contributed by atoms with Gasteiger partial charge in [-0.05, 0) is 32.9 Å². The SMILES string of the molecule is CC1(C)c2ccc(CN=O)cc2C(C)(C)C1(C)C. The molecule has 0 amide bonds. The van der Waals surface area contributed by atoms with E-state index in [1.807, 2.05) is 6.07 Å². The van der Waals surface area contributed by atoms with Crippen molar-refractivity contribution < 1.29 is 0 Å². The van der Waals surface area contributed by atoms with Gasteiger partial charge in [-0.25, -0.2) is 0 Å². The zero-order valence-electron chi connectivity index (χ0n) is 12.3.